The van der Waals surface area contributed by atoms with Gasteiger partial charge >= 0.3 is 0 Å². The lowest BCUT2D eigenvalue weighted by molar-refractivity contribution is -0.302. The first-order chi connectivity index (χ1) is 7.47. The van der Waals surface area contributed by atoms with Gasteiger partial charge in [0.05, 0.1) is 12.2 Å². The summed E-state index contributed by atoms with van der Waals surface area (Å²) in [5.41, 5.74) is 5.37. The van der Waals surface area contributed by atoms with Crippen LogP contribution < -0.4 is 5.73 Å². The van der Waals surface area contributed by atoms with Crippen LogP contribution in [0.25, 0.3) is 0 Å². The number of ether oxygens (including phenoxy) is 2. The lowest BCUT2D eigenvalue weighted by Crippen LogP contribution is -2.57. The summed E-state index contributed by atoms with van der Waals surface area (Å²) in [4.78, 5) is 0. The third kappa shape index (κ3) is 3.13. The molecule has 5 N–H and O–H groups in total. The molecule has 0 bridgehead atoms. The van der Waals surface area contributed by atoms with Crippen molar-refractivity contribution in [2.24, 2.45) is 5.73 Å². The van der Waals surface area contributed by atoms with E-state index in [1.807, 2.05) is 6.92 Å². The van der Waals surface area contributed by atoms with Gasteiger partial charge in [-0.15, -0.1) is 0 Å². The van der Waals surface area contributed by atoms with E-state index in [-0.39, 0.29) is 6.10 Å². The molecule has 1 saturated heterocycles. The van der Waals surface area contributed by atoms with Gasteiger partial charge in [-0.1, -0.05) is 0 Å². The average molecular weight is 235 g/mol. The molecule has 0 radical (unpaired) electrons. The molecule has 0 aromatic carbocycles. The maximum Gasteiger partial charge on any atom is 0.186 e. The Morgan fingerprint density at radius 1 is 1.25 bits per heavy atom. The molecule has 6 nitrogen and oxygen atoms in total. The Hall–Kier alpha value is -0.240. The van der Waals surface area contributed by atoms with E-state index in [1.165, 1.54) is 0 Å². The van der Waals surface area contributed by atoms with Crippen LogP contribution in [0.3, 0.4) is 0 Å². The third-order valence-electron chi connectivity index (χ3n) is 2.75. The van der Waals surface area contributed by atoms with Crippen LogP contribution in [0.2, 0.25) is 0 Å². The molecule has 1 heterocycles. The van der Waals surface area contributed by atoms with Gasteiger partial charge in [0, 0.05) is 0 Å². The largest absolute Gasteiger partial charge is 0.388 e. The van der Waals surface area contributed by atoms with Crippen molar-refractivity contribution in [2.45, 2.75) is 57.1 Å². The molecule has 6 atom stereocenters. The molecule has 0 aliphatic carbocycles. The van der Waals surface area contributed by atoms with E-state index in [4.69, 9.17) is 15.2 Å². The Bertz CT molecular complexity index is 215. The van der Waals surface area contributed by atoms with Crippen LogP contribution >= 0.6 is 0 Å². The summed E-state index contributed by atoms with van der Waals surface area (Å²) in [6.45, 7) is 3.90. The zero-order chi connectivity index (χ0) is 12.3. The van der Waals surface area contributed by atoms with E-state index < -0.39 is 30.7 Å². The van der Waals surface area contributed by atoms with Gasteiger partial charge in [-0.25, -0.2) is 0 Å². The zero-order valence-corrected chi connectivity index (χ0v) is 9.61. The topological polar surface area (TPSA) is 105 Å². The highest BCUT2D eigenvalue weighted by molar-refractivity contribution is 4.87. The summed E-state index contributed by atoms with van der Waals surface area (Å²) in [6.07, 6.45) is -4.62. The number of aliphatic hydroxyl groups is 3. The van der Waals surface area contributed by atoms with Gasteiger partial charge in [-0.2, -0.15) is 0 Å². The van der Waals surface area contributed by atoms with Gasteiger partial charge in [0.2, 0.25) is 0 Å². The monoisotopic (exact) mass is 235 g/mol. The lowest BCUT2D eigenvalue weighted by Gasteiger charge is -2.39. The van der Waals surface area contributed by atoms with Crippen LogP contribution in [-0.2, 0) is 9.47 Å². The first-order valence-corrected chi connectivity index (χ1v) is 5.52. The zero-order valence-electron chi connectivity index (χ0n) is 9.61. The predicted octanol–water partition coefficient (Wildman–Crippen LogP) is -1.43. The van der Waals surface area contributed by atoms with E-state index in [9.17, 15) is 15.3 Å². The molecule has 0 amide bonds. The normalized spacial score (nSPS) is 42.0. The SMILES string of the molecule is C[C@@H]1O[C@@H](O[C@@H](C)CCN)[C@H](O)[C@H](O)[C@H]1O. The summed E-state index contributed by atoms with van der Waals surface area (Å²) in [5, 5.41) is 28.7. The second kappa shape index (κ2) is 5.90. The van der Waals surface area contributed by atoms with Crippen LogP contribution in [-0.4, -0.2) is 58.7 Å². The molecule has 0 aromatic heterocycles. The first-order valence-electron chi connectivity index (χ1n) is 5.52. The van der Waals surface area contributed by atoms with E-state index in [0.717, 1.165) is 0 Å². The van der Waals surface area contributed by atoms with Crippen molar-refractivity contribution in [3.8, 4) is 0 Å². The van der Waals surface area contributed by atoms with Gasteiger partial charge in [-0.05, 0) is 26.8 Å². The Balaban J connectivity index is 2.53. The van der Waals surface area contributed by atoms with Gasteiger partial charge in [-0.3, -0.25) is 0 Å². The van der Waals surface area contributed by atoms with Crippen molar-refractivity contribution in [3.05, 3.63) is 0 Å². The number of hydrogen-bond donors (Lipinski definition) is 4. The molecule has 16 heavy (non-hydrogen) atoms. The highest BCUT2D eigenvalue weighted by Gasteiger charge is 2.42. The second-order valence-electron chi connectivity index (χ2n) is 4.21. The molecule has 1 aliphatic rings. The fourth-order valence-corrected chi connectivity index (χ4v) is 1.66. The van der Waals surface area contributed by atoms with E-state index in [2.05, 4.69) is 0 Å². The van der Waals surface area contributed by atoms with Crippen LogP contribution in [0.1, 0.15) is 20.3 Å². The first kappa shape index (κ1) is 13.8. The van der Waals surface area contributed by atoms with Crippen molar-refractivity contribution < 1.29 is 24.8 Å². The fourth-order valence-electron chi connectivity index (χ4n) is 1.66. The third-order valence-corrected chi connectivity index (χ3v) is 2.75. The Kier molecular flexibility index (Phi) is 5.10. The molecule has 1 fully saturated rings. The van der Waals surface area contributed by atoms with Gasteiger partial charge < -0.3 is 30.5 Å². The summed E-state index contributed by atoms with van der Waals surface area (Å²) in [6, 6.07) is 0. The molecule has 0 saturated carbocycles. The van der Waals surface area contributed by atoms with Crippen LogP contribution in [0.5, 0.6) is 0 Å². The summed E-state index contributed by atoms with van der Waals surface area (Å²) >= 11 is 0. The molecule has 0 spiro atoms. The summed E-state index contributed by atoms with van der Waals surface area (Å²) in [5.74, 6) is 0. The highest BCUT2D eigenvalue weighted by atomic mass is 16.7. The van der Waals surface area contributed by atoms with Crippen molar-refractivity contribution in [3.63, 3.8) is 0 Å². The molecular weight excluding hydrogens is 214 g/mol. The molecule has 0 unspecified atom stereocenters. The molecule has 6 heteroatoms. The minimum atomic E-state index is -1.25. The number of hydrogen-bond acceptors (Lipinski definition) is 6. The van der Waals surface area contributed by atoms with Crippen LogP contribution in [0.4, 0.5) is 0 Å². The Morgan fingerprint density at radius 3 is 2.44 bits per heavy atom. The fraction of sp³-hybridized carbons (Fsp3) is 1.00. The maximum atomic E-state index is 9.65. The molecule has 0 aromatic rings. The van der Waals surface area contributed by atoms with Crippen LogP contribution in [0.15, 0.2) is 0 Å². The van der Waals surface area contributed by atoms with Gasteiger partial charge in [0.1, 0.15) is 18.3 Å². The standard InChI is InChI=1S/C10H21NO5/c1-5(3-4-11)15-10-9(14)8(13)7(12)6(2)16-10/h5-10,12-14H,3-4,11H2,1-2H3/t5-,6-,7-,8+,9+,10+/m0/s1. The Morgan fingerprint density at radius 2 is 1.88 bits per heavy atom. The van der Waals surface area contributed by atoms with E-state index in [1.54, 1.807) is 6.92 Å². The Labute approximate surface area is 95.0 Å². The maximum absolute atomic E-state index is 9.65. The van der Waals surface area contributed by atoms with Crippen LogP contribution in [0, 0.1) is 0 Å². The van der Waals surface area contributed by atoms with Crippen molar-refractivity contribution in [1.29, 1.82) is 0 Å². The molecular formula is C10H21NO5. The number of rotatable bonds is 4. The van der Waals surface area contributed by atoms with Crippen molar-refractivity contribution in [2.75, 3.05) is 6.54 Å². The highest BCUT2D eigenvalue weighted by Crippen LogP contribution is 2.22. The summed E-state index contributed by atoms with van der Waals surface area (Å²) < 4.78 is 10.7. The van der Waals surface area contributed by atoms with E-state index >= 15 is 0 Å². The number of aliphatic hydroxyl groups excluding tert-OH is 3. The quantitative estimate of drug-likeness (QED) is 0.476. The van der Waals surface area contributed by atoms with Crippen molar-refractivity contribution in [1.82, 2.24) is 0 Å². The van der Waals surface area contributed by atoms with E-state index in [0.29, 0.717) is 13.0 Å². The predicted molar refractivity (Wildman–Crippen MR) is 56.6 cm³/mol. The molecule has 1 rings (SSSR count). The minimum Gasteiger partial charge on any atom is -0.388 e. The minimum absolute atomic E-state index is 0.167. The van der Waals surface area contributed by atoms with Gasteiger partial charge in [0.15, 0.2) is 6.29 Å². The second-order valence-corrected chi connectivity index (χ2v) is 4.21. The lowest BCUT2D eigenvalue weighted by atomic mass is 10.00. The van der Waals surface area contributed by atoms with Gasteiger partial charge in [0.25, 0.3) is 0 Å². The summed E-state index contributed by atoms with van der Waals surface area (Å²) in [7, 11) is 0. The molecule has 96 valence electrons. The number of nitrogens with two attached hydrogens (primary N) is 1. The molecule has 1 aliphatic heterocycles. The average Bonchev–Trinajstić information content (AvgIpc) is 2.23. The van der Waals surface area contributed by atoms with Crippen molar-refractivity contribution >= 4 is 0 Å². The smallest absolute Gasteiger partial charge is 0.186 e.